The second-order valence-corrected chi connectivity index (χ2v) is 5.48. The fourth-order valence-electron chi connectivity index (χ4n) is 2.72. The fourth-order valence-corrected chi connectivity index (χ4v) is 2.72. The molecule has 0 aliphatic carbocycles. The second-order valence-electron chi connectivity index (χ2n) is 5.48. The Balaban J connectivity index is 1.68. The normalized spacial score (nSPS) is 15.4. The fraction of sp³-hybridized carbons (Fsp3) is 0.375. The maximum atomic E-state index is 12.1. The van der Waals surface area contributed by atoms with Crippen LogP contribution >= 0.6 is 0 Å². The van der Waals surface area contributed by atoms with Crippen molar-refractivity contribution in [2.45, 2.75) is 25.8 Å². The predicted octanol–water partition coefficient (Wildman–Crippen LogP) is 1.68. The maximum Gasteiger partial charge on any atom is 0.346 e. The number of ether oxygens (including phenoxy) is 1. The van der Waals surface area contributed by atoms with Crippen LogP contribution in [0.1, 0.15) is 36.2 Å². The van der Waals surface area contributed by atoms with Crippen molar-refractivity contribution < 1.29 is 14.3 Å². The minimum absolute atomic E-state index is 0.0899. The number of piperidine rings is 1. The van der Waals surface area contributed by atoms with E-state index in [4.69, 9.17) is 4.74 Å². The van der Waals surface area contributed by atoms with Gasteiger partial charge in [-0.2, -0.15) is 5.10 Å². The van der Waals surface area contributed by atoms with Crippen LogP contribution in [0.2, 0.25) is 0 Å². The minimum Gasteiger partial charge on any atom is -0.404 e. The molecule has 1 fully saturated rings. The summed E-state index contributed by atoms with van der Waals surface area (Å²) in [6, 6.07) is 5.13. The predicted molar refractivity (Wildman–Crippen MR) is 81.9 cm³/mol. The number of nitrogens with zero attached hydrogens (tertiary/aromatic N) is 4. The molecule has 0 aromatic carbocycles. The van der Waals surface area contributed by atoms with Crippen LogP contribution in [0, 0.1) is 0 Å². The van der Waals surface area contributed by atoms with Crippen LogP contribution in [0.3, 0.4) is 0 Å². The first-order valence-electron chi connectivity index (χ1n) is 7.56. The Morgan fingerprint density at radius 1 is 1.22 bits per heavy atom. The van der Waals surface area contributed by atoms with E-state index in [1.807, 2.05) is 4.90 Å². The molecule has 2 aromatic heterocycles. The van der Waals surface area contributed by atoms with Gasteiger partial charge >= 0.3 is 5.97 Å². The summed E-state index contributed by atoms with van der Waals surface area (Å²) in [7, 11) is 0. The molecule has 1 amide bonds. The highest BCUT2D eigenvalue weighted by molar-refractivity contribution is 5.90. The summed E-state index contributed by atoms with van der Waals surface area (Å²) >= 11 is 0. The number of hydrogen-bond donors (Lipinski definition) is 0. The molecule has 0 saturated carbocycles. The molecule has 0 spiro atoms. The lowest BCUT2D eigenvalue weighted by Crippen LogP contribution is -2.38. The third-order valence-electron chi connectivity index (χ3n) is 3.98. The number of esters is 1. The SMILES string of the molecule is CC(=O)N1CCC(n2nccc2OC(=O)c2cccnc2)CC1. The second kappa shape index (κ2) is 6.60. The van der Waals surface area contributed by atoms with Crippen LogP contribution in [0.15, 0.2) is 36.8 Å². The Hall–Kier alpha value is -2.70. The monoisotopic (exact) mass is 314 g/mol. The molecule has 3 heterocycles. The lowest BCUT2D eigenvalue weighted by Gasteiger charge is -2.31. The standard InChI is InChI=1S/C16H18N4O3/c1-12(21)19-9-5-14(6-10-19)20-15(4-8-18-20)23-16(22)13-3-2-7-17-11-13/h2-4,7-8,11,14H,5-6,9-10H2,1H3. The summed E-state index contributed by atoms with van der Waals surface area (Å²) < 4.78 is 7.17. The summed E-state index contributed by atoms with van der Waals surface area (Å²) in [5.74, 6) is 0.0493. The maximum absolute atomic E-state index is 12.1. The van der Waals surface area contributed by atoms with Crippen molar-refractivity contribution in [3.63, 3.8) is 0 Å². The highest BCUT2D eigenvalue weighted by Crippen LogP contribution is 2.26. The van der Waals surface area contributed by atoms with Gasteiger partial charge in [-0.1, -0.05) is 0 Å². The molecule has 1 aliphatic heterocycles. The van der Waals surface area contributed by atoms with Gasteiger partial charge in [0.2, 0.25) is 11.8 Å². The van der Waals surface area contributed by atoms with E-state index in [1.165, 1.54) is 6.20 Å². The zero-order chi connectivity index (χ0) is 16.2. The topological polar surface area (TPSA) is 77.3 Å². The largest absolute Gasteiger partial charge is 0.404 e. The van der Waals surface area contributed by atoms with Crippen LogP contribution < -0.4 is 4.74 Å². The molecule has 7 nitrogen and oxygen atoms in total. The van der Waals surface area contributed by atoms with Gasteiger partial charge in [0.1, 0.15) is 0 Å². The molecule has 1 aliphatic rings. The molecule has 0 N–H and O–H groups in total. The van der Waals surface area contributed by atoms with E-state index in [-0.39, 0.29) is 11.9 Å². The van der Waals surface area contributed by atoms with Crippen molar-refractivity contribution in [2.24, 2.45) is 0 Å². The molecule has 3 rings (SSSR count). The molecule has 1 saturated heterocycles. The molecule has 0 atom stereocenters. The zero-order valence-electron chi connectivity index (χ0n) is 12.9. The summed E-state index contributed by atoms with van der Waals surface area (Å²) in [4.78, 5) is 29.3. The van der Waals surface area contributed by atoms with E-state index >= 15 is 0 Å². The summed E-state index contributed by atoms with van der Waals surface area (Å²) in [6.07, 6.45) is 6.26. The number of rotatable bonds is 3. The van der Waals surface area contributed by atoms with Gasteiger partial charge in [-0.15, -0.1) is 0 Å². The van der Waals surface area contributed by atoms with Crippen molar-refractivity contribution in [1.29, 1.82) is 0 Å². The van der Waals surface area contributed by atoms with E-state index in [0.29, 0.717) is 24.5 Å². The molecular formula is C16H18N4O3. The Morgan fingerprint density at radius 2 is 2.00 bits per heavy atom. The Bertz CT molecular complexity index is 690. The van der Waals surface area contributed by atoms with E-state index in [1.54, 1.807) is 42.2 Å². The summed E-state index contributed by atoms with van der Waals surface area (Å²) in [5.41, 5.74) is 0.395. The van der Waals surface area contributed by atoms with Crippen LogP contribution in [0.4, 0.5) is 0 Å². The first-order chi connectivity index (χ1) is 11.1. The van der Waals surface area contributed by atoms with Crippen molar-refractivity contribution >= 4 is 11.9 Å². The van der Waals surface area contributed by atoms with Gasteiger partial charge in [0, 0.05) is 38.5 Å². The van der Waals surface area contributed by atoms with Gasteiger partial charge in [-0.05, 0) is 25.0 Å². The molecule has 2 aromatic rings. The van der Waals surface area contributed by atoms with Crippen molar-refractivity contribution in [2.75, 3.05) is 13.1 Å². The van der Waals surface area contributed by atoms with Crippen LogP contribution in [-0.4, -0.2) is 44.6 Å². The number of likely N-dealkylation sites (tertiary alicyclic amines) is 1. The van der Waals surface area contributed by atoms with Gasteiger partial charge in [0.15, 0.2) is 0 Å². The number of hydrogen-bond acceptors (Lipinski definition) is 5. The average molecular weight is 314 g/mol. The molecule has 0 radical (unpaired) electrons. The lowest BCUT2D eigenvalue weighted by atomic mass is 10.1. The zero-order valence-corrected chi connectivity index (χ0v) is 12.9. The van der Waals surface area contributed by atoms with Crippen LogP contribution in [0.5, 0.6) is 5.88 Å². The molecule has 23 heavy (non-hydrogen) atoms. The van der Waals surface area contributed by atoms with E-state index in [9.17, 15) is 9.59 Å². The van der Waals surface area contributed by atoms with Crippen LogP contribution in [0.25, 0.3) is 0 Å². The van der Waals surface area contributed by atoms with Gasteiger partial charge in [0.25, 0.3) is 0 Å². The smallest absolute Gasteiger partial charge is 0.346 e. The van der Waals surface area contributed by atoms with E-state index in [2.05, 4.69) is 10.1 Å². The minimum atomic E-state index is -0.457. The molecule has 0 bridgehead atoms. The Labute approximate surface area is 133 Å². The molecular weight excluding hydrogens is 296 g/mol. The number of carbonyl (C=O) groups excluding carboxylic acids is 2. The summed E-state index contributed by atoms with van der Waals surface area (Å²) in [5, 5.41) is 4.28. The molecule has 0 unspecified atom stereocenters. The number of pyridine rings is 1. The van der Waals surface area contributed by atoms with Gasteiger partial charge in [-0.3, -0.25) is 9.78 Å². The van der Waals surface area contributed by atoms with Gasteiger partial charge in [0.05, 0.1) is 17.8 Å². The highest BCUT2D eigenvalue weighted by atomic mass is 16.5. The van der Waals surface area contributed by atoms with Gasteiger partial charge < -0.3 is 9.64 Å². The quantitative estimate of drug-likeness (QED) is 0.806. The van der Waals surface area contributed by atoms with E-state index in [0.717, 1.165) is 12.8 Å². The van der Waals surface area contributed by atoms with Crippen LogP contribution in [-0.2, 0) is 4.79 Å². The van der Waals surface area contributed by atoms with Crippen molar-refractivity contribution in [3.8, 4) is 5.88 Å². The number of amides is 1. The highest BCUT2D eigenvalue weighted by Gasteiger charge is 2.25. The lowest BCUT2D eigenvalue weighted by molar-refractivity contribution is -0.130. The van der Waals surface area contributed by atoms with Gasteiger partial charge in [-0.25, -0.2) is 9.48 Å². The summed E-state index contributed by atoms with van der Waals surface area (Å²) in [6.45, 7) is 2.96. The van der Waals surface area contributed by atoms with Crippen molar-refractivity contribution in [3.05, 3.63) is 42.4 Å². The Morgan fingerprint density at radius 3 is 2.65 bits per heavy atom. The first kappa shape index (κ1) is 15.2. The Kier molecular flexibility index (Phi) is 4.36. The average Bonchev–Trinajstić information content (AvgIpc) is 3.04. The first-order valence-corrected chi connectivity index (χ1v) is 7.56. The number of aromatic nitrogens is 3. The molecule has 120 valence electrons. The number of carbonyl (C=O) groups is 2. The molecule has 7 heteroatoms. The van der Waals surface area contributed by atoms with E-state index < -0.39 is 5.97 Å². The van der Waals surface area contributed by atoms with Crippen molar-refractivity contribution in [1.82, 2.24) is 19.7 Å². The third kappa shape index (κ3) is 3.39. The third-order valence-corrected chi connectivity index (χ3v) is 3.98.